The Morgan fingerprint density at radius 2 is 1.90 bits per heavy atom. The topological polar surface area (TPSA) is 12.9 Å². The standard InChI is InChI=1S/C17H24INSi/c1-5-6-7-13-8-9-15-14(10-13)11-17(20(2,3)4)16(12-18)19-15/h8-11H,5-7,12H2,1-4H3. The highest BCUT2D eigenvalue weighted by atomic mass is 127. The summed E-state index contributed by atoms with van der Waals surface area (Å²) in [6.45, 7) is 9.48. The maximum Gasteiger partial charge on any atom is 0.0800 e. The van der Waals surface area contributed by atoms with E-state index in [2.05, 4.69) is 73.4 Å². The van der Waals surface area contributed by atoms with Gasteiger partial charge in [0.05, 0.1) is 19.3 Å². The molecule has 20 heavy (non-hydrogen) atoms. The van der Waals surface area contributed by atoms with Crippen LogP contribution in [0, 0.1) is 0 Å². The van der Waals surface area contributed by atoms with Gasteiger partial charge in [-0.15, -0.1) is 0 Å². The lowest BCUT2D eigenvalue weighted by molar-refractivity contribution is 0.796. The van der Waals surface area contributed by atoms with Gasteiger partial charge in [-0.05, 0) is 35.7 Å². The van der Waals surface area contributed by atoms with Crippen molar-refractivity contribution in [1.29, 1.82) is 0 Å². The molecular weight excluding hydrogens is 373 g/mol. The highest BCUT2D eigenvalue weighted by Crippen LogP contribution is 2.19. The van der Waals surface area contributed by atoms with Gasteiger partial charge in [-0.2, -0.15) is 0 Å². The molecule has 0 atom stereocenters. The van der Waals surface area contributed by atoms with Crippen molar-refractivity contribution in [3.8, 4) is 0 Å². The molecule has 0 fully saturated rings. The van der Waals surface area contributed by atoms with Crippen LogP contribution in [-0.2, 0) is 10.8 Å². The van der Waals surface area contributed by atoms with Gasteiger partial charge in [-0.1, -0.05) is 67.7 Å². The normalized spacial score (nSPS) is 12.1. The summed E-state index contributed by atoms with van der Waals surface area (Å²) in [6.07, 6.45) is 3.71. The zero-order chi connectivity index (χ0) is 14.8. The van der Waals surface area contributed by atoms with Gasteiger partial charge in [0.25, 0.3) is 0 Å². The fourth-order valence-electron chi connectivity index (χ4n) is 2.55. The molecule has 1 aromatic heterocycles. The Morgan fingerprint density at radius 3 is 2.50 bits per heavy atom. The van der Waals surface area contributed by atoms with Crippen LogP contribution in [0.3, 0.4) is 0 Å². The van der Waals surface area contributed by atoms with E-state index in [4.69, 9.17) is 4.98 Å². The number of aryl methyl sites for hydroxylation is 1. The Balaban J connectivity index is 2.52. The second kappa shape index (κ2) is 6.56. The third-order valence-electron chi connectivity index (χ3n) is 3.71. The predicted molar refractivity (Wildman–Crippen MR) is 101 cm³/mol. The van der Waals surface area contributed by atoms with Gasteiger partial charge in [-0.25, -0.2) is 0 Å². The van der Waals surface area contributed by atoms with Crippen LogP contribution in [0.5, 0.6) is 0 Å². The molecule has 0 spiro atoms. The predicted octanol–water partition coefficient (Wildman–Crippen LogP) is 5.06. The number of hydrogen-bond donors (Lipinski definition) is 0. The van der Waals surface area contributed by atoms with E-state index in [0.29, 0.717) is 0 Å². The van der Waals surface area contributed by atoms with Crippen molar-refractivity contribution >= 4 is 46.8 Å². The molecule has 0 radical (unpaired) electrons. The number of rotatable bonds is 5. The summed E-state index contributed by atoms with van der Waals surface area (Å²) >= 11 is 2.44. The van der Waals surface area contributed by atoms with Crippen LogP contribution >= 0.6 is 22.6 Å². The van der Waals surface area contributed by atoms with Crippen LogP contribution in [-0.4, -0.2) is 13.1 Å². The van der Waals surface area contributed by atoms with E-state index in [1.54, 1.807) is 0 Å². The first kappa shape index (κ1) is 16.0. The van der Waals surface area contributed by atoms with Crippen LogP contribution in [0.4, 0.5) is 0 Å². The van der Waals surface area contributed by atoms with E-state index >= 15 is 0 Å². The van der Waals surface area contributed by atoms with Gasteiger partial charge < -0.3 is 0 Å². The number of alkyl halides is 1. The van der Waals surface area contributed by atoms with E-state index < -0.39 is 8.07 Å². The van der Waals surface area contributed by atoms with E-state index in [1.807, 2.05) is 0 Å². The molecule has 0 unspecified atom stereocenters. The molecule has 2 rings (SSSR count). The highest BCUT2D eigenvalue weighted by molar-refractivity contribution is 14.1. The smallest absolute Gasteiger partial charge is 0.0800 e. The first-order valence-electron chi connectivity index (χ1n) is 7.44. The van der Waals surface area contributed by atoms with Gasteiger partial charge in [0.15, 0.2) is 0 Å². The van der Waals surface area contributed by atoms with Crippen LogP contribution in [0.25, 0.3) is 10.9 Å². The van der Waals surface area contributed by atoms with Crippen molar-refractivity contribution in [2.45, 2.75) is 50.3 Å². The summed E-state index contributed by atoms with van der Waals surface area (Å²) < 4.78 is 1.00. The van der Waals surface area contributed by atoms with E-state index in [9.17, 15) is 0 Å². The van der Waals surface area contributed by atoms with Crippen molar-refractivity contribution in [2.75, 3.05) is 0 Å². The fraction of sp³-hybridized carbons (Fsp3) is 0.471. The lowest BCUT2D eigenvalue weighted by Gasteiger charge is -2.20. The summed E-state index contributed by atoms with van der Waals surface area (Å²) in [5.74, 6) is 0. The Kier molecular flexibility index (Phi) is 5.23. The molecule has 1 heterocycles. The zero-order valence-corrected chi connectivity index (χ0v) is 16.1. The van der Waals surface area contributed by atoms with Gasteiger partial charge in [0, 0.05) is 9.81 Å². The van der Waals surface area contributed by atoms with Crippen molar-refractivity contribution < 1.29 is 0 Å². The maximum atomic E-state index is 4.91. The van der Waals surface area contributed by atoms with Crippen LogP contribution in [0.2, 0.25) is 19.6 Å². The lowest BCUT2D eigenvalue weighted by atomic mass is 10.1. The Labute approximate surface area is 137 Å². The minimum Gasteiger partial charge on any atom is -0.252 e. The quantitative estimate of drug-likeness (QED) is 0.391. The molecular formula is C17H24INSi. The summed E-state index contributed by atoms with van der Waals surface area (Å²) in [7, 11) is -1.33. The molecule has 108 valence electrons. The van der Waals surface area contributed by atoms with Gasteiger partial charge in [-0.3, -0.25) is 4.98 Å². The number of nitrogens with zero attached hydrogens (tertiary/aromatic N) is 1. The van der Waals surface area contributed by atoms with Crippen molar-refractivity contribution in [2.24, 2.45) is 0 Å². The largest absolute Gasteiger partial charge is 0.252 e. The van der Waals surface area contributed by atoms with E-state index in [1.165, 1.54) is 41.1 Å². The summed E-state index contributed by atoms with van der Waals surface area (Å²) in [4.78, 5) is 4.91. The van der Waals surface area contributed by atoms with Crippen LogP contribution in [0.15, 0.2) is 24.3 Å². The number of hydrogen-bond acceptors (Lipinski definition) is 1. The summed E-state index contributed by atoms with van der Waals surface area (Å²) in [5, 5.41) is 2.84. The first-order valence-corrected chi connectivity index (χ1v) is 12.5. The number of fused-ring (bicyclic) bond motifs is 1. The number of aromatic nitrogens is 1. The minimum atomic E-state index is -1.33. The summed E-state index contributed by atoms with van der Waals surface area (Å²) in [6, 6.07) is 9.21. The zero-order valence-electron chi connectivity index (χ0n) is 13.0. The van der Waals surface area contributed by atoms with Crippen LogP contribution < -0.4 is 5.19 Å². The van der Waals surface area contributed by atoms with Gasteiger partial charge in [0.2, 0.25) is 0 Å². The lowest BCUT2D eigenvalue weighted by Crippen LogP contribution is -2.40. The first-order chi connectivity index (χ1) is 9.45. The molecule has 0 bridgehead atoms. The third-order valence-corrected chi connectivity index (χ3v) is 6.48. The fourth-order valence-corrected chi connectivity index (χ4v) is 5.09. The molecule has 2 aromatic rings. The van der Waals surface area contributed by atoms with Crippen LogP contribution in [0.1, 0.15) is 31.0 Å². The molecule has 0 aliphatic heterocycles. The molecule has 0 aliphatic rings. The number of unbranched alkanes of at least 4 members (excludes halogenated alkanes) is 1. The van der Waals surface area contributed by atoms with Crippen molar-refractivity contribution in [1.82, 2.24) is 4.98 Å². The Bertz CT molecular complexity index is 602. The third kappa shape index (κ3) is 3.61. The molecule has 0 saturated carbocycles. The van der Waals surface area contributed by atoms with E-state index in [0.717, 1.165) is 9.94 Å². The minimum absolute atomic E-state index is 1.00. The van der Waals surface area contributed by atoms with Crippen molar-refractivity contribution in [3.05, 3.63) is 35.5 Å². The second-order valence-corrected chi connectivity index (χ2v) is 12.3. The van der Waals surface area contributed by atoms with E-state index in [-0.39, 0.29) is 0 Å². The number of benzene rings is 1. The van der Waals surface area contributed by atoms with Crippen molar-refractivity contribution in [3.63, 3.8) is 0 Å². The molecule has 3 heteroatoms. The molecule has 0 amide bonds. The molecule has 1 aromatic carbocycles. The average molecular weight is 397 g/mol. The Morgan fingerprint density at radius 1 is 1.15 bits per heavy atom. The molecule has 0 aliphatic carbocycles. The SMILES string of the molecule is CCCCc1ccc2nc(CI)c([Si](C)(C)C)cc2c1. The Hall–Kier alpha value is -0.423. The molecule has 0 N–H and O–H groups in total. The second-order valence-electron chi connectivity index (χ2n) is 6.50. The monoisotopic (exact) mass is 397 g/mol. The van der Waals surface area contributed by atoms with Gasteiger partial charge in [0.1, 0.15) is 0 Å². The number of pyridine rings is 1. The summed E-state index contributed by atoms with van der Waals surface area (Å²) in [5.41, 5.74) is 3.89. The average Bonchev–Trinajstić information content (AvgIpc) is 2.42. The molecule has 0 saturated heterocycles. The highest BCUT2D eigenvalue weighted by Gasteiger charge is 2.21. The molecule has 1 nitrogen and oxygen atoms in total. The number of halogens is 1. The van der Waals surface area contributed by atoms with Gasteiger partial charge >= 0.3 is 0 Å². The maximum absolute atomic E-state index is 4.91.